The van der Waals surface area contributed by atoms with Crippen molar-refractivity contribution >= 4 is 5.97 Å². The van der Waals surface area contributed by atoms with E-state index >= 15 is 0 Å². The van der Waals surface area contributed by atoms with Gasteiger partial charge in [-0.05, 0) is 37.2 Å². The predicted octanol–water partition coefficient (Wildman–Crippen LogP) is 3.96. The smallest absolute Gasteiger partial charge is 0.305 e. The van der Waals surface area contributed by atoms with E-state index in [9.17, 15) is 20.1 Å². The maximum Gasteiger partial charge on any atom is 0.305 e. The van der Waals surface area contributed by atoms with Gasteiger partial charge >= 0.3 is 5.97 Å². The van der Waals surface area contributed by atoms with Gasteiger partial charge in [-0.25, -0.2) is 0 Å². The molecule has 0 aliphatic heterocycles. The summed E-state index contributed by atoms with van der Waals surface area (Å²) < 4.78 is 5.14. The lowest BCUT2D eigenvalue weighted by Gasteiger charge is -2.19. The van der Waals surface area contributed by atoms with Crippen LogP contribution in [0.15, 0.2) is 54.6 Å². The molecule has 31 heavy (non-hydrogen) atoms. The second-order valence-electron chi connectivity index (χ2n) is 8.43. The quantitative estimate of drug-likeness (QED) is 0.250. The molecule has 2 rings (SSSR count). The predicted molar refractivity (Wildman–Crippen MR) is 122 cm³/mol. The molecule has 0 radical (unpaired) electrons. The molecule has 172 valence electrons. The van der Waals surface area contributed by atoms with Gasteiger partial charge in [0.25, 0.3) is 0 Å². The van der Waals surface area contributed by atoms with E-state index in [0.29, 0.717) is 32.3 Å². The Morgan fingerprint density at radius 3 is 2.68 bits per heavy atom. The zero-order valence-corrected chi connectivity index (χ0v) is 18.6. The van der Waals surface area contributed by atoms with Crippen LogP contribution in [0.1, 0.15) is 57.4 Å². The molecule has 0 aromatic heterocycles. The summed E-state index contributed by atoms with van der Waals surface area (Å²) in [5.41, 5.74) is 1.06. The Balaban J connectivity index is 1.75. The normalized spacial score (nSPS) is 24.8. The number of ether oxygens (including phenoxy) is 1. The molecule has 5 nitrogen and oxygen atoms in total. The summed E-state index contributed by atoms with van der Waals surface area (Å²) in [5.74, 6) is -0.403. The summed E-state index contributed by atoms with van der Waals surface area (Å²) in [4.78, 5) is 11.6. The van der Waals surface area contributed by atoms with E-state index in [1.807, 2.05) is 48.6 Å². The van der Waals surface area contributed by atoms with Crippen molar-refractivity contribution in [3.05, 3.63) is 60.2 Å². The molecule has 0 amide bonds. The molecule has 0 heterocycles. The number of rotatable bonds is 13. The SMILES string of the molecule is CCCCOC(=O)CCCC=CCC1C(C=C[C@@H](O)Cc2ccccc2)[C@H](O)C[C@@H]1O. The Morgan fingerprint density at radius 2 is 1.94 bits per heavy atom. The van der Waals surface area contributed by atoms with Crippen LogP contribution in [0.4, 0.5) is 0 Å². The van der Waals surface area contributed by atoms with Gasteiger partial charge < -0.3 is 20.1 Å². The fourth-order valence-corrected chi connectivity index (χ4v) is 4.02. The van der Waals surface area contributed by atoms with E-state index in [1.165, 1.54) is 0 Å². The summed E-state index contributed by atoms with van der Waals surface area (Å²) in [6, 6.07) is 9.79. The number of benzene rings is 1. The van der Waals surface area contributed by atoms with Crippen LogP contribution in [0.5, 0.6) is 0 Å². The van der Waals surface area contributed by atoms with Crippen LogP contribution in [0, 0.1) is 11.8 Å². The number of hydrogen-bond acceptors (Lipinski definition) is 5. The van der Waals surface area contributed by atoms with Crippen LogP contribution in [-0.2, 0) is 16.0 Å². The molecule has 1 fully saturated rings. The summed E-state index contributed by atoms with van der Waals surface area (Å²) in [5, 5.41) is 31.0. The van der Waals surface area contributed by atoms with E-state index in [0.717, 1.165) is 31.2 Å². The molecule has 5 atom stereocenters. The molecule has 1 saturated carbocycles. The van der Waals surface area contributed by atoms with Crippen LogP contribution >= 0.6 is 0 Å². The highest BCUT2D eigenvalue weighted by atomic mass is 16.5. The number of aliphatic hydroxyl groups is 3. The highest BCUT2D eigenvalue weighted by Gasteiger charge is 2.39. The number of esters is 1. The van der Waals surface area contributed by atoms with E-state index in [-0.39, 0.29) is 17.8 Å². The number of hydrogen-bond donors (Lipinski definition) is 3. The molecular weight excluding hydrogens is 392 g/mol. The molecule has 1 aliphatic carbocycles. The largest absolute Gasteiger partial charge is 0.466 e. The number of aliphatic hydroxyl groups excluding tert-OH is 3. The maximum absolute atomic E-state index is 11.6. The highest BCUT2D eigenvalue weighted by Crippen LogP contribution is 2.36. The van der Waals surface area contributed by atoms with Gasteiger partial charge in [-0.3, -0.25) is 4.79 Å². The van der Waals surface area contributed by atoms with Crippen molar-refractivity contribution in [2.75, 3.05) is 6.61 Å². The van der Waals surface area contributed by atoms with E-state index in [4.69, 9.17) is 4.74 Å². The van der Waals surface area contributed by atoms with Gasteiger partial charge in [-0.15, -0.1) is 0 Å². The van der Waals surface area contributed by atoms with Crippen LogP contribution in [-0.4, -0.2) is 46.2 Å². The Labute approximate surface area is 186 Å². The van der Waals surface area contributed by atoms with Crippen molar-refractivity contribution < 1.29 is 24.9 Å². The van der Waals surface area contributed by atoms with Gasteiger partial charge in [0.15, 0.2) is 0 Å². The van der Waals surface area contributed by atoms with Crippen molar-refractivity contribution in [1.82, 2.24) is 0 Å². The van der Waals surface area contributed by atoms with Gasteiger partial charge in [-0.2, -0.15) is 0 Å². The molecule has 2 unspecified atom stereocenters. The molecule has 0 spiro atoms. The number of carbonyl (C=O) groups is 1. The van der Waals surface area contributed by atoms with Gasteiger partial charge in [0.1, 0.15) is 0 Å². The van der Waals surface area contributed by atoms with Crippen LogP contribution in [0.3, 0.4) is 0 Å². The Kier molecular flexibility index (Phi) is 11.6. The first-order valence-electron chi connectivity index (χ1n) is 11.6. The highest BCUT2D eigenvalue weighted by molar-refractivity contribution is 5.69. The summed E-state index contributed by atoms with van der Waals surface area (Å²) >= 11 is 0. The minimum Gasteiger partial charge on any atom is -0.466 e. The van der Waals surface area contributed by atoms with Crippen LogP contribution < -0.4 is 0 Å². The molecule has 0 bridgehead atoms. The topological polar surface area (TPSA) is 87.0 Å². The van der Waals surface area contributed by atoms with E-state index < -0.39 is 18.3 Å². The fourth-order valence-electron chi connectivity index (χ4n) is 4.02. The lowest BCUT2D eigenvalue weighted by molar-refractivity contribution is -0.143. The molecule has 0 saturated heterocycles. The van der Waals surface area contributed by atoms with Crippen molar-refractivity contribution in [2.45, 2.75) is 76.6 Å². The van der Waals surface area contributed by atoms with Gasteiger partial charge in [0.05, 0.1) is 24.9 Å². The summed E-state index contributed by atoms with van der Waals surface area (Å²) in [6.45, 7) is 2.56. The van der Waals surface area contributed by atoms with Crippen LogP contribution in [0.25, 0.3) is 0 Å². The molecular formula is C26H38O5. The fraction of sp³-hybridized carbons (Fsp3) is 0.577. The first-order valence-corrected chi connectivity index (χ1v) is 11.6. The summed E-state index contributed by atoms with van der Waals surface area (Å²) in [6.07, 6.45) is 11.3. The minimum absolute atomic E-state index is 0.0783. The van der Waals surface area contributed by atoms with E-state index in [2.05, 4.69) is 6.92 Å². The lowest BCUT2D eigenvalue weighted by Crippen LogP contribution is -2.20. The molecule has 1 aromatic rings. The monoisotopic (exact) mass is 430 g/mol. The van der Waals surface area contributed by atoms with Gasteiger partial charge in [0.2, 0.25) is 0 Å². The molecule has 3 N–H and O–H groups in total. The van der Waals surface area contributed by atoms with Crippen molar-refractivity contribution in [3.8, 4) is 0 Å². The summed E-state index contributed by atoms with van der Waals surface area (Å²) in [7, 11) is 0. The Bertz CT molecular complexity index is 684. The number of unbranched alkanes of at least 4 members (excludes halogenated alkanes) is 2. The van der Waals surface area contributed by atoms with Gasteiger partial charge in [-0.1, -0.05) is 68.0 Å². The van der Waals surface area contributed by atoms with Gasteiger partial charge in [0, 0.05) is 25.2 Å². The standard InChI is InChI=1S/C26H38O5/c1-2-3-17-31-26(30)14-10-5-4-9-13-22-23(25(29)19-24(22)28)16-15-21(27)18-20-11-7-6-8-12-20/h4,6-9,11-12,15-16,21-25,27-29H,2-3,5,10,13-14,17-19H2,1H3/t21-,22?,23?,24+,25-/m1/s1. The first-order chi connectivity index (χ1) is 15.0. The first kappa shape index (κ1) is 25.3. The number of allylic oxidation sites excluding steroid dienone is 2. The Morgan fingerprint density at radius 1 is 1.16 bits per heavy atom. The third-order valence-corrected chi connectivity index (χ3v) is 5.85. The van der Waals surface area contributed by atoms with Crippen LogP contribution in [0.2, 0.25) is 0 Å². The van der Waals surface area contributed by atoms with Crippen molar-refractivity contribution in [2.24, 2.45) is 11.8 Å². The number of carbonyl (C=O) groups excluding carboxylic acids is 1. The second kappa shape index (κ2) is 14.2. The third-order valence-electron chi connectivity index (χ3n) is 5.85. The third kappa shape index (κ3) is 9.38. The minimum atomic E-state index is -0.624. The van der Waals surface area contributed by atoms with E-state index in [1.54, 1.807) is 6.08 Å². The molecule has 1 aromatic carbocycles. The lowest BCUT2D eigenvalue weighted by atomic mass is 9.89. The zero-order chi connectivity index (χ0) is 22.5. The van der Waals surface area contributed by atoms with Crippen molar-refractivity contribution in [1.29, 1.82) is 0 Å². The van der Waals surface area contributed by atoms with Crippen molar-refractivity contribution in [3.63, 3.8) is 0 Å². The zero-order valence-electron chi connectivity index (χ0n) is 18.6. The molecule has 1 aliphatic rings. The second-order valence-corrected chi connectivity index (χ2v) is 8.43. The average Bonchev–Trinajstić information content (AvgIpc) is 3.02. The molecule has 5 heteroatoms. The maximum atomic E-state index is 11.6. The average molecular weight is 431 g/mol. The Hall–Kier alpha value is -1.95.